The second-order valence-corrected chi connectivity index (χ2v) is 2.69. The van der Waals surface area contributed by atoms with Gasteiger partial charge < -0.3 is 5.73 Å². The average Bonchev–Trinajstić information content (AvgIpc) is 1.81. The fourth-order valence-electron chi connectivity index (χ4n) is 0.723. The first-order valence-corrected chi connectivity index (χ1v) is 3.48. The molecule has 0 spiro atoms. The summed E-state index contributed by atoms with van der Waals surface area (Å²) in [6, 6.07) is 0. The van der Waals surface area contributed by atoms with Crippen molar-refractivity contribution in [3.63, 3.8) is 0 Å². The molecule has 2 nitrogen and oxygen atoms in total. The molecule has 58 valence electrons. The van der Waals surface area contributed by atoms with Gasteiger partial charge in [-0.2, -0.15) is 0 Å². The predicted octanol–water partition coefficient (Wildman–Crippen LogP) is 1.58. The molecule has 0 saturated heterocycles. The van der Waals surface area contributed by atoms with Crippen molar-refractivity contribution in [2.24, 2.45) is 16.6 Å². The van der Waals surface area contributed by atoms with Gasteiger partial charge in [0.2, 0.25) is 0 Å². The summed E-state index contributed by atoms with van der Waals surface area (Å²) in [5.41, 5.74) is 7.36. The first-order valence-electron chi connectivity index (χ1n) is 3.48. The second-order valence-electron chi connectivity index (χ2n) is 2.69. The molecule has 0 fully saturated rings. The Labute approximate surface area is 62.8 Å². The van der Waals surface area contributed by atoms with Crippen molar-refractivity contribution in [2.75, 3.05) is 7.05 Å². The molecule has 0 aromatic rings. The summed E-state index contributed by atoms with van der Waals surface area (Å²) in [4.78, 5) is 4.09. The van der Waals surface area contributed by atoms with Gasteiger partial charge in [0.15, 0.2) is 0 Å². The SMILES string of the molecule is CN=C(/C=C(\C)N)C(C)C. The van der Waals surface area contributed by atoms with Crippen LogP contribution in [0.15, 0.2) is 16.8 Å². The van der Waals surface area contributed by atoms with Crippen molar-refractivity contribution < 1.29 is 0 Å². The maximum atomic E-state index is 5.49. The first-order chi connectivity index (χ1) is 4.57. The smallest absolute Gasteiger partial charge is 0.0387 e. The molecule has 0 saturated carbocycles. The second kappa shape index (κ2) is 4.09. The standard InChI is InChI=1S/C8H16N2/c1-6(2)8(10-4)5-7(3)9/h5-6H,9H2,1-4H3/b7-5+,10-8?. The number of aliphatic imine (C=N–C) groups is 1. The van der Waals surface area contributed by atoms with E-state index in [4.69, 9.17) is 5.73 Å². The topological polar surface area (TPSA) is 38.4 Å². The van der Waals surface area contributed by atoms with E-state index in [0.29, 0.717) is 5.92 Å². The van der Waals surface area contributed by atoms with E-state index in [1.54, 1.807) is 7.05 Å². The Balaban J connectivity index is 4.26. The summed E-state index contributed by atoms with van der Waals surface area (Å²) < 4.78 is 0. The lowest BCUT2D eigenvalue weighted by molar-refractivity contribution is 0.884. The predicted molar refractivity (Wildman–Crippen MR) is 46.1 cm³/mol. The minimum absolute atomic E-state index is 0.462. The number of rotatable bonds is 2. The molecule has 0 aliphatic heterocycles. The molecule has 0 rings (SSSR count). The normalized spacial score (nSPS) is 14.5. The van der Waals surface area contributed by atoms with E-state index in [0.717, 1.165) is 11.4 Å². The highest BCUT2D eigenvalue weighted by atomic mass is 14.7. The van der Waals surface area contributed by atoms with Gasteiger partial charge >= 0.3 is 0 Å². The third-order valence-electron chi connectivity index (χ3n) is 1.23. The Morgan fingerprint density at radius 3 is 2.10 bits per heavy atom. The number of nitrogens with two attached hydrogens (primary N) is 1. The molecule has 0 radical (unpaired) electrons. The summed E-state index contributed by atoms with van der Waals surface area (Å²) in [5, 5.41) is 0. The Kier molecular flexibility index (Phi) is 3.77. The minimum Gasteiger partial charge on any atom is -0.402 e. The van der Waals surface area contributed by atoms with Crippen molar-refractivity contribution in [1.82, 2.24) is 0 Å². The molecule has 0 aromatic heterocycles. The number of nitrogens with zero attached hydrogens (tertiary/aromatic N) is 1. The van der Waals surface area contributed by atoms with E-state index < -0.39 is 0 Å². The molecular formula is C8H16N2. The molecule has 2 N–H and O–H groups in total. The molecule has 10 heavy (non-hydrogen) atoms. The van der Waals surface area contributed by atoms with E-state index in [1.165, 1.54) is 0 Å². The summed E-state index contributed by atoms with van der Waals surface area (Å²) >= 11 is 0. The van der Waals surface area contributed by atoms with Crippen LogP contribution < -0.4 is 5.73 Å². The van der Waals surface area contributed by atoms with Crippen LogP contribution in [-0.2, 0) is 0 Å². The molecule has 0 amide bonds. The maximum absolute atomic E-state index is 5.49. The fraction of sp³-hybridized carbons (Fsp3) is 0.625. The largest absolute Gasteiger partial charge is 0.402 e. The molecule has 0 aliphatic carbocycles. The summed E-state index contributed by atoms with van der Waals surface area (Å²) in [6.07, 6.45) is 1.91. The Morgan fingerprint density at radius 2 is 2.00 bits per heavy atom. The maximum Gasteiger partial charge on any atom is 0.0387 e. The van der Waals surface area contributed by atoms with E-state index >= 15 is 0 Å². The van der Waals surface area contributed by atoms with Crippen LogP contribution in [0, 0.1) is 5.92 Å². The highest BCUT2D eigenvalue weighted by molar-refractivity contribution is 5.96. The van der Waals surface area contributed by atoms with Crippen molar-refractivity contribution >= 4 is 5.71 Å². The van der Waals surface area contributed by atoms with Crippen LogP contribution in [0.1, 0.15) is 20.8 Å². The Hall–Kier alpha value is -0.790. The van der Waals surface area contributed by atoms with E-state index in [-0.39, 0.29) is 0 Å². The van der Waals surface area contributed by atoms with Crippen molar-refractivity contribution in [3.05, 3.63) is 11.8 Å². The molecule has 0 aliphatic rings. The van der Waals surface area contributed by atoms with Crippen molar-refractivity contribution in [3.8, 4) is 0 Å². The van der Waals surface area contributed by atoms with Gasteiger partial charge in [0, 0.05) is 18.5 Å². The molecule has 0 unspecified atom stereocenters. The van der Waals surface area contributed by atoms with Gasteiger partial charge in [-0.1, -0.05) is 13.8 Å². The Bertz CT molecular complexity index is 151. The van der Waals surface area contributed by atoms with Crippen LogP contribution in [0.4, 0.5) is 0 Å². The van der Waals surface area contributed by atoms with Gasteiger partial charge in [-0.05, 0) is 18.9 Å². The number of hydrogen-bond acceptors (Lipinski definition) is 2. The Morgan fingerprint density at radius 1 is 1.50 bits per heavy atom. The summed E-state index contributed by atoms with van der Waals surface area (Å²) in [7, 11) is 1.79. The zero-order valence-corrected chi connectivity index (χ0v) is 7.18. The third kappa shape index (κ3) is 3.28. The molecular weight excluding hydrogens is 124 g/mol. The van der Waals surface area contributed by atoms with Crippen LogP contribution >= 0.6 is 0 Å². The highest BCUT2D eigenvalue weighted by Gasteiger charge is 1.98. The lowest BCUT2D eigenvalue weighted by atomic mass is 10.1. The lowest BCUT2D eigenvalue weighted by Crippen LogP contribution is -2.06. The zero-order chi connectivity index (χ0) is 8.15. The first kappa shape index (κ1) is 9.21. The molecule has 0 bridgehead atoms. The highest BCUT2D eigenvalue weighted by Crippen LogP contribution is 1.99. The molecule has 0 heterocycles. The number of hydrogen-bond donors (Lipinski definition) is 1. The van der Waals surface area contributed by atoms with Gasteiger partial charge in [-0.25, -0.2) is 0 Å². The zero-order valence-electron chi connectivity index (χ0n) is 7.18. The van der Waals surface area contributed by atoms with Gasteiger partial charge in [-0.15, -0.1) is 0 Å². The van der Waals surface area contributed by atoms with Crippen LogP contribution in [0.3, 0.4) is 0 Å². The summed E-state index contributed by atoms with van der Waals surface area (Å²) in [5.74, 6) is 0.462. The number of allylic oxidation sites excluding steroid dienone is 2. The van der Waals surface area contributed by atoms with Gasteiger partial charge in [-0.3, -0.25) is 4.99 Å². The van der Waals surface area contributed by atoms with Crippen LogP contribution in [-0.4, -0.2) is 12.8 Å². The van der Waals surface area contributed by atoms with Crippen molar-refractivity contribution in [1.29, 1.82) is 0 Å². The lowest BCUT2D eigenvalue weighted by Gasteiger charge is -2.03. The van der Waals surface area contributed by atoms with Gasteiger partial charge in [0.25, 0.3) is 0 Å². The van der Waals surface area contributed by atoms with E-state index in [1.807, 2.05) is 13.0 Å². The fourth-order valence-corrected chi connectivity index (χ4v) is 0.723. The quantitative estimate of drug-likeness (QED) is 0.581. The van der Waals surface area contributed by atoms with E-state index in [9.17, 15) is 0 Å². The molecule has 0 atom stereocenters. The average molecular weight is 140 g/mol. The van der Waals surface area contributed by atoms with Gasteiger partial charge in [0.05, 0.1) is 0 Å². The van der Waals surface area contributed by atoms with E-state index in [2.05, 4.69) is 18.8 Å². The van der Waals surface area contributed by atoms with Gasteiger partial charge in [0.1, 0.15) is 0 Å². The molecule has 2 heteroatoms. The monoisotopic (exact) mass is 140 g/mol. The summed E-state index contributed by atoms with van der Waals surface area (Å²) in [6.45, 7) is 6.07. The van der Waals surface area contributed by atoms with Crippen LogP contribution in [0.25, 0.3) is 0 Å². The van der Waals surface area contributed by atoms with Crippen LogP contribution in [0.2, 0.25) is 0 Å². The third-order valence-corrected chi connectivity index (χ3v) is 1.23. The van der Waals surface area contributed by atoms with Crippen LogP contribution in [0.5, 0.6) is 0 Å². The minimum atomic E-state index is 0.462. The molecule has 0 aromatic carbocycles. The van der Waals surface area contributed by atoms with Crippen molar-refractivity contribution in [2.45, 2.75) is 20.8 Å².